The van der Waals surface area contributed by atoms with Crippen molar-refractivity contribution >= 4 is 23.5 Å². The lowest BCUT2D eigenvalue weighted by atomic mass is 10.0. The van der Waals surface area contributed by atoms with E-state index in [1.165, 1.54) is 4.68 Å². The molecule has 146 valence electrons. The summed E-state index contributed by atoms with van der Waals surface area (Å²) in [7, 11) is 0. The molecule has 4 N–H and O–H groups in total. The minimum absolute atomic E-state index is 0.0692. The molecule has 0 aliphatic heterocycles. The van der Waals surface area contributed by atoms with Crippen LogP contribution in [0, 0.1) is 5.92 Å². The fourth-order valence-electron chi connectivity index (χ4n) is 2.78. The summed E-state index contributed by atoms with van der Waals surface area (Å²) >= 11 is 0. The van der Waals surface area contributed by atoms with Crippen molar-refractivity contribution in [2.45, 2.75) is 26.7 Å². The van der Waals surface area contributed by atoms with Crippen LogP contribution in [0.15, 0.2) is 48.7 Å². The standard InChI is InChI=1S/C20H25N7O/c1-3-14(4-2)13-23-18(28)15-8-10-16(11-9-15)24-20-25-19(21)27(26-20)17-7-5-6-12-22-17/h5-12,14H,3-4,13H2,1-2H3,(H,23,28)(H3,21,24,25,26). The predicted molar refractivity (Wildman–Crippen MR) is 110 cm³/mol. The molecule has 0 saturated heterocycles. The zero-order valence-electron chi connectivity index (χ0n) is 16.1. The average Bonchev–Trinajstić information content (AvgIpc) is 3.09. The summed E-state index contributed by atoms with van der Waals surface area (Å²) in [6, 6.07) is 12.6. The number of carbonyl (C=O) groups excluding carboxylic acids is 1. The van der Waals surface area contributed by atoms with E-state index in [4.69, 9.17) is 5.73 Å². The van der Waals surface area contributed by atoms with Crippen molar-refractivity contribution in [3.63, 3.8) is 0 Å². The van der Waals surface area contributed by atoms with E-state index in [0.717, 1.165) is 18.5 Å². The van der Waals surface area contributed by atoms with Crippen LogP contribution >= 0.6 is 0 Å². The maximum absolute atomic E-state index is 12.3. The van der Waals surface area contributed by atoms with Crippen molar-refractivity contribution in [3.8, 4) is 5.82 Å². The Kier molecular flexibility index (Phi) is 6.21. The summed E-state index contributed by atoms with van der Waals surface area (Å²) in [5.41, 5.74) is 7.30. The molecule has 0 saturated carbocycles. The second-order valence-corrected chi connectivity index (χ2v) is 6.49. The van der Waals surface area contributed by atoms with Crippen LogP contribution < -0.4 is 16.4 Å². The van der Waals surface area contributed by atoms with E-state index in [-0.39, 0.29) is 11.9 Å². The van der Waals surface area contributed by atoms with Crippen LogP contribution in [0.4, 0.5) is 17.6 Å². The van der Waals surface area contributed by atoms with E-state index in [1.54, 1.807) is 24.4 Å². The molecule has 8 heteroatoms. The van der Waals surface area contributed by atoms with E-state index in [2.05, 4.69) is 39.5 Å². The lowest BCUT2D eigenvalue weighted by molar-refractivity contribution is 0.0946. The third kappa shape index (κ3) is 4.64. The van der Waals surface area contributed by atoms with E-state index in [1.807, 2.05) is 24.3 Å². The number of hydrogen-bond donors (Lipinski definition) is 3. The Morgan fingerprint density at radius 2 is 1.89 bits per heavy atom. The first-order valence-electron chi connectivity index (χ1n) is 9.40. The number of anilines is 3. The molecule has 28 heavy (non-hydrogen) atoms. The Morgan fingerprint density at radius 3 is 2.54 bits per heavy atom. The van der Waals surface area contributed by atoms with E-state index < -0.39 is 0 Å². The number of hydrogen-bond acceptors (Lipinski definition) is 6. The third-order valence-electron chi connectivity index (χ3n) is 4.61. The van der Waals surface area contributed by atoms with Crippen LogP contribution in [0.3, 0.4) is 0 Å². The highest BCUT2D eigenvalue weighted by atomic mass is 16.1. The Balaban J connectivity index is 1.64. The Labute approximate surface area is 164 Å². The fraction of sp³-hybridized carbons (Fsp3) is 0.300. The van der Waals surface area contributed by atoms with Crippen molar-refractivity contribution in [1.82, 2.24) is 25.1 Å². The quantitative estimate of drug-likeness (QED) is 0.554. The number of benzene rings is 1. The second kappa shape index (κ2) is 8.98. The summed E-state index contributed by atoms with van der Waals surface area (Å²) in [5.74, 6) is 1.62. The molecule has 1 aromatic carbocycles. The van der Waals surface area contributed by atoms with E-state index >= 15 is 0 Å². The summed E-state index contributed by atoms with van der Waals surface area (Å²) in [5, 5.41) is 10.4. The fourth-order valence-corrected chi connectivity index (χ4v) is 2.78. The molecule has 8 nitrogen and oxygen atoms in total. The highest BCUT2D eigenvalue weighted by Gasteiger charge is 2.11. The van der Waals surface area contributed by atoms with Gasteiger partial charge in [0.2, 0.25) is 11.9 Å². The van der Waals surface area contributed by atoms with Gasteiger partial charge in [0.25, 0.3) is 5.91 Å². The Hall–Kier alpha value is -3.42. The zero-order valence-corrected chi connectivity index (χ0v) is 16.1. The molecular formula is C20H25N7O. The number of nitrogen functional groups attached to an aromatic ring is 1. The highest BCUT2D eigenvalue weighted by Crippen LogP contribution is 2.17. The molecule has 0 bridgehead atoms. The van der Waals surface area contributed by atoms with Crippen molar-refractivity contribution in [2.75, 3.05) is 17.6 Å². The van der Waals surface area contributed by atoms with Gasteiger partial charge in [0, 0.05) is 24.0 Å². The summed E-state index contributed by atoms with van der Waals surface area (Å²) in [6.45, 7) is 4.97. The van der Waals surface area contributed by atoms with Crippen molar-refractivity contribution in [1.29, 1.82) is 0 Å². The molecular weight excluding hydrogens is 354 g/mol. The molecule has 0 aliphatic carbocycles. The van der Waals surface area contributed by atoms with Gasteiger partial charge in [-0.3, -0.25) is 4.79 Å². The van der Waals surface area contributed by atoms with Crippen LogP contribution in [0.1, 0.15) is 37.0 Å². The summed E-state index contributed by atoms with van der Waals surface area (Å²) in [4.78, 5) is 20.7. The summed E-state index contributed by atoms with van der Waals surface area (Å²) in [6.07, 6.45) is 3.78. The minimum Gasteiger partial charge on any atom is -0.368 e. The first-order chi connectivity index (χ1) is 13.6. The van der Waals surface area contributed by atoms with Crippen LogP contribution in [-0.4, -0.2) is 32.2 Å². The van der Waals surface area contributed by atoms with Crippen LogP contribution in [0.5, 0.6) is 0 Å². The normalized spacial score (nSPS) is 10.8. The van der Waals surface area contributed by atoms with Gasteiger partial charge in [-0.15, -0.1) is 5.10 Å². The largest absolute Gasteiger partial charge is 0.368 e. The molecule has 0 aliphatic rings. The lowest BCUT2D eigenvalue weighted by Gasteiger charge is -2.13. The van der Waals surface area contributed by atoms with Gasteiger partial charge in [-0.25, -0.2) is 4.98 Å². The Bertz CT molecular complexity index is 902. The van der Waals surface area contributed by atoms with Gasteiger partial charge in [-0.1, -0.05) is 32.8 Å². The van der Waals surface area contributed by atoms with Gasteiger partial charge in [0.1, 0.15) is 0 Å². The number of nitrogens with one attached hydrogen (secondary N) is 2. The lowest BCUT2D eigenvalue weighted by Crippen LogP contribution is -2.28. The number of pyridine rings is 1. The number of nitrogens with two attached hydrogens (primary N) is 1. The maximum Gasteiger partial charge on any atom is 0.251 e. The van der Waals surface area contributed by atoms with Crippen LogP contribution in [0.25, 0.3) is 5.82 Å². The smallest absolute Gasteiger partial charge is 0.251 e. The molecule has 3 rings (SSSR count). The molecule has 1 amide bonds. The van der Waals surface area contributed by atoms with Crippen LogP contribution in [-0.2, 0) is 0 Å². The molecule has 0 fully saturated rings. The zero-order chi connectivity index (χ0) is 19.9. The number of nitrogens with zero attached hydrogens (tertiary/aromatic N) is 4. The topological polar surface area (TPSA) is 111 Å². The molecule has 0 unspecified atom stereocenters. The van der Waals surface area contributed by atoms with Gasteiger partial charge < -0.3 is 16.4 Å². The van der Waals surface area contributed by atoms with Crippen molar-refractivity contribution in [2.24, 2.45) is 5.92 Å². The number of rotatable bonds is 8. The second-order valence-electron chi connectivity index (χ2n) is 6.49. The molecule has 0 atom stereocenters. The molecule has 0 radical (unpaired) electrons. The number of carbonyl (C=O) groups is 1. The maximum atomic E-state index is 12.3. The number of aromatic nitrogens is 4. The van der Waals surface area contributed by atoms with Crippen LogP contribution in [0.2, 0.25) is 0 Å². The molecule has 0 spiro atoms. The van der Waals surface area contributed by atoms with Gasteiger partial charge in [-0.2, -0.15) is 9.67 Å². The van der Waals surface area contributed by atoms with E-state index in [9.17, 15) is 4.79 Å². The van der Waals surface area contributed by atoms with Gasteiger partial charge in [0.05, 0.1) is 0 Å². The monoisotopic (exact) mass is 379 g/mol. The Morgan fingerprint density at radius 1 is 1.14 bits per heavy atom. The first-order valence-corrected chi connectivity index (χ1v) is 9.40. The first kappa shape index (κ1) is 19.3. The van der Waals surface area contributed by atoms with Crippen molar-refractivity contribution in [3.05, 3.63) is 54.2 Å². The molecule has 2 heterocycles. The highest BCUT2D eigenvalue weighted by molar-refractivity contribution is 5.94. The van der Waals surface area contributed by atoms with Gasteiger partial charge in [-0.05, 0) is 42.3 Å². The number of amides is 1. The van der Waals surface area contributed by atoms with E-state index in [0.29, 0.717) is 29.8 Å². The van der Waals surface area contributed by atoms with Gasteiger partial charge >= 0.3 is 0 Å². The van der Waals surface area contributed by atoms with Gasteiger partial charge in [0.15, 0.2) is 5.82 Å². The third-order valence-corrected chi connectivity index (χ3v) is 4.61. The SMILES string of the molecule is CCC(CC)CNC(=O)c1ccc(Nc2nc(N)n(-c3ccccn3)n2)cc1. The average molecular weight is 379 g/mol. The minimum atomic E-state index is -0.0692. The summed E-state index contributed by atoms with van der Waals surface area (Å²) < 4.78 is 1.46. The molecule has 3 aromatic rings. The molecule has 2 aromatic heterocycles. The predicted octanol–water partition coefficient (Wildman–Crippen LogP) is 3.15. The van der Waals surface area contributed by atoms with Crippen molar-refractivity contribution < 1.29 is 4.79 Å².